The SMILES string of the molecule is CCCN1CC(C)CC(C)(OC)CC(C)C(=O)C(C)(C)C(=O)OC(O[C@@H]2O[C@H](C)C[C@H](N(C)C)[C@H]2O)C1. The third-order valence-electron chi connectivity index (χ3n) is 7.90. The van der Waals surface area contributed by atoms with Gasteiger partial charge in [-0.1, -0.05) is 20.8 Å². The van der Waals surface area contributed by atoms with Crippen LogP contribution in [0.5, 0.6) is 0 Å². The predicted molar refractivity (Wildman–Crippen MR) is 142 cm³/mol. The minimum absolute atomic E-state index is 0.136. The normalized spacial score (nSPS) is 39.0. The number of methoxy groups -OCH3 is 1. The van der Waals surface area contributed by atoms with Crippen LogP contribution in [0.2, 0.25) is 0 Å². The van der Waals surface area contributed by atoms with Crippen LogP contribution in [0.25, 0.3) is 0 Å². The maximum atomic E-state index is 13.5. The maximum Gasteiger partial charge on any atom is 0.321 e. The van der Waals surface area contributed by atoms with Crippen LogP contribution in [0.15, 0.2) is 0 Å². The van der Waals surface area contributed by atoms with Gasteiger partial charge in [0.1, 0.15) is 11.5 Å². The van der Waals surface area contributed by atoms with Crippen molar-refractivity contribution in [3.05, 3.63) is 0 Å². The number of esters is 1. The number of aliphatic hydroxyl groups excluding tert-OH is 1. The zero-order chi connectivity index (χ0) is 28.1. The monoisotopic (exact) mass is 528 g/mol. The number of likely N-dealkylation sites (N-methyl/N-ethyl adjacent to an activating group) is 1. The fourth-order valence-corrected chi connectivity index (χ4v) is 5.91. The predicted octanol–water partition coefficient (Wildman–Crippen LogP) is 3.08. The molecule has 0 aromatic rings. The second-order valence-corrected chi connectivity index (χ2v) is 12.4. The molecule has 0 spiro atoms. The van der Waals surface area contributed by atoms with Crippen molar-refractivity contribution >= 4 is 11.8 Å². The topological polar surface area (TPSA) is 97.8 Å². The summed E-state index contributed by atoms with van der Waals surface area (Å²) in [6.07, 6.45) is -0.143. The van der Waals surface area contributed by atoms with Crippen molar-refractivity contribution in [3.63, 3.8) is 0 Å². The second-order valence-electron chi connectivity index (χ2n) is 12.4. The molecule has 2 aliphatic rings. The van der Waals surface area contributed by atoms with E-state index >= 15 is 0 Å². The van der Waals surface area contributed by atoms with E-state index in [-0.39, 0.29) is 23.8 Å². The quantitative estimate of drug-likeness (QED) is 0.412. The van der Waals surface area contributed by atoms with E-state index in [0.717, 1.165) is 25.9 Å². The van der Waals surface area contributed by atoms with Gasteiger partial charge in [0.2, 0.25) is 6.29 Å². The lowest BCUT2D eigenvalue weighted by molar-refractivity contribution is -0.304. The summed E-state index contributed by atoms with van der Waals surface area (Å²) < 4.78 is 24.0. The van der Waals surface area contributed by atoms with Crippen molar-refractivity contribution in [2.45, 2.75) is 111 Å². The number of carbonyl (C=O) groups excluding carboxylic acids is 2. The number of ketones is 1. The first kappa shape index (κ1) is 32.1. The molecule has 0 bridgehead atoms. The molecule has 2 aliphatic heterocycles. The van der Waals surface area contributed by atoms with E-state index < -0.39 is 41.6 Å². The fourth-order valence-electron chi connectivity index (χ4n) is 5.91. The molecule has 9 nitrogen and oxygen atoms in total. The van der Waals surface area contributed by atoms with Gasteiger partial charge in [-0.2, -0.15) is 0 Å². The molecule has 9 heteroatoms. The molecule has 0 amide bonds. The van der Waals surface area contributed by atoms with E-state index in [1.165, 1.54) is 0 Å². The zero-order valence-corrected chi connectivity index (χ0v) is 24.8. The Kier molecular flexibility index (Phi) is 11.5. The molecule has 0 radical (unpaired) electrons. The Morgan fingerprint density at radius 2 is 1.76 bits per heavy atom. The Balaban J connectivity index is 2.40. The summed E-state index contributed by atoms with van der Waals surface area (Å²) >= 11 is 0. The van der Waals surface area contributed by atoms with Gasteiger partial charge in [-0.15, -0.1) is 0 Å². The first-order valence-electron chi connectivity index (χ1n) is 13.8. The summed E-state index contributed by atoms with van der Waals surface area (Å²) in [5.41, 5.74) is -1.86. The van der Waals surface area contributed by atoms with Gasteiger partial charge >= 0.3 is 5.97 Å². The number of aliphatic hydroxyl groups is 1. The number of carbonyl (C=O) groups is 2. The Morgan fingerprint density at radius 1 is 1.11 bits per heavy atom. The Hall–Kier alpha value is -1.10. The van der Waals surface area contributed by atoms with Crippen molar-refractivity contribution in [3.8, 4) is 0 Å². The Bertz CT molecular complexity index is 761. The summed E-state index contributed by atoms with van der Waals surface area (Å²) in [5, 5.41) is 11.0. The van der Waals surface area contributed by atoms with E-state index in [1.807, 2.05) is 39.8 Å². The highest BCUT2D eigenvalue weighted by molar-refractivity contribution is 6.03. The van der Waals surface area contributed by atoms with Crippen LogP contribution in [-0.4, -0.2) is 104 Å². The van der Waals surface area contributed by atoms with E-state index in [4.69, 9.17) is 18.9 Å². The minimum atomic E-state index is -1.36. The largest absolute Gasteiger partial charge is 0.433 e. The van der Waals surface area contributed by atoms with Crippen molar-refractivity contribution < 1.29 is 33.6 Å². The molecule has 0 saturated carbocycles. The summed E-state index contributed by atoms with van der Waals surface area (Å²) in [5.74, 6) is -0.956. The van der Waals surface area contributed by atoms with Crippen LogP contribution < -0.4 is 0 Å². The molecule has 8 atom stereocenters. The number of cyclic esters (lactones) is 1. The van der Waals surface area contributed by atoms with Crippen molar-refractivity contribution in [1.29, 1.82) is 0 Å². The highest BCUT2D eigenvalue weighted by atomic mass is 16.8. The number of Topliss-reactive ketones (excluding diaryl/α,β-unsaturated/α-hetero) is 1. The van der Waals surface area contributed by atoms with E-state index in [0.29, 0.717) is 19.4 Å². The van der Waals surface area contributed by atoms with Gasteiger partial charge in [-0.05, 0) is 79.9 Å². The molecule has 37 heavy (non-hydrogen) atoms. The average Bonchev–Trinajstić information content (AvgIpc) is 2.79. The van der Waals surface area contributed by atoms with Crippen LogP contribution in [0.3, 0.4) is 0 Å². The highest BCUT2D eigenvalue weighted by Crippen LogP contribution is 2.34. The van der Waals surface area contributed by atoms with E-state index in [9.17, 15) is 14.7 Å². The standard InChI is InChI=1S/C28H52N2O7/c1-11-12-30-16-18(2)14-28(7,34-10)15-19(3)24(32)27(5,6)26(33)37-22(17-30)36-25-23(31)21(29(8)9)13-20(4)35-25/h18-23,25,31H,11-17H2,1-10H3/t18?,19?,20-,21+,22?,23-,25+,28?/m1/s1. The number of hydrogen-bond donors (Lipinski definition) is 1. The van der Waals surface area contributed by atoms with Crippen LogP contribution in [-0.2, 0) is 28.5 Å². The molecule has 2 rings (SSSR count). The molecule has 2 heterocycles. The molecule has 0 aromatic carbocycles. The molecule has 0 aromatic heterocycles. The van der Waals surface area contributed by atoms with Crippen LogP contribution >= 0.6 is 0 Å². The second kappa shape index (κ2) is 13.3. The molecular formula is C28H52N2O7. The zero-order valence-electron chi connectivity index (χ0n) is 24.8. The lowest BCUT2D eigenvalue weighted by Crippen LogP contribution is -2.56. The summed E-state index contributed by atoms with van der Waals surface area (Å²) in [6, 6.07) is -0.156. The van der Waals surface area contributed by atoms with Crippen molar-refractivity contribution in [2.75, 3.05) is 40.8 Å². The van der Waals surface area contributed by atoms with Gasteiger partial charge < -0.3 is 29.0 Å². The number of hydrogen-bond acceptors (Lipinski definition) is 9. The maximum absolute atomic E-state index is 13.5. The summed E-state index contributed by atoms with van der Waals surface area (Å²) in [6.45, 7) is 15.2. The van der Waals surface area contributed by atoms with Crippen LogP contribution in [0.4, 0.5) is 0 Å². The molecule has 216 valence electrons. The van der Waals surface area contributed by atoms with Crippen molar-refractivity contribution in [1.82, 2.24) is 9.80 Å². The van der Waals surface area contributed by atoms with Crippen LogP contribution in [0, 0.1) is 17.3 Å². The van der Waals surface area contributed by atoms with E-state index in [2.05, 4.69) is 18.7 Å². The lowest BCUT2D eigenvalue weighted by Gasteiger charge is -2.42. The molecule has 1 N–H and O–H groups in total. The van der Waals surface area contributed by atoms with Gasteiger partial charge in [0.05, 0.1) is 18.2 Å². The Labute approximate surface area is 224 Å². The van der Waals surface area contributed by atoms with Gasteiger partial charge in [-0.3, -0.25) is 14.5 Å². The fraction of sp³-hybridized carbons (Fsp3) is 0.929. The third-order valence-corrected chi connectivity index (χ3v) is 7.90. The van der Waals surface area contributed by atoms with Gasteiger partial charge in [-0.25, -0.2) is 0 Å². The first-order chi connectivity index (χ1) is 17.1. The van der Waals surface area contributed by atoms with Gasteiger partial charge in [0.25, 0.3) is 0 Å². The molecular weight excluding hydrogens is 476 g/mol. The average molecular weight is 529 g/mol. The summed E-state index contributed by atoms with van der Waals surface area (Å²) in [7, 11) is 5.51. The number of ether oxygens (including phenoxy) is 4. The van der Waals surface area contributed by atoms with Gasteiger partial charge in [0, 0.05) is 25.6 Å². The molecule has 2 fully saturated rings. The lowest BCUT2D eigenvalue weighted by atomic mass is 9.76. The minimum Gasteiger partial charge on any atom is -0.433 e. The third kappa shape index (κ3) is 8.44. The number of rotatable bonds is 6. The molecule has 4 unspecified atom stereocenters. The smallest absolute Gasteiger partial charge is 0.321 e. The Morgan fingerprint density at radius 3 is 2.32 bits per heavy atom. The molecule has 2 saturated heterocycles. The van der Waals surface area contributed by atoms with Crippen LogP contribution in [0.1, 0.15) is 74.1 Å². The molecule has 0 aliphatic carbocycles. The number of nitrogens with zero attached hydrogens (tertiary/aromatic N) is 2. The van der Waals surface area contributed by atoms with Gasteiger partial charge in [0.15, 0.2) is 12.1 Å². The highest BCUT2D eigenvalue weighted by Gasteiger charge is 2.45. The van der Waals surface area contributed by atoms with E-state index in [1.54, 1.807) is 21.0 Å². The first-order valence-corrected chi connectivity index (χ1v) is 13.8. The van der Waals surface area contributed by atoms with Crippen molar-refractivity contribution in [2.24, 2.45) is 17.3 Å². The summed E-state index contributed by atoms with van der Waals surface area (Å²) in [4.78, 5) is 31.1.